The van der Waals surface area contributed by atoms with Gasteiger partial charge in [-0.25, -0.2) is 4.98 Å². The number of hydrogen-bond acceptors (Lipinski definition) is 5. The summed E-state index contributed by atoms with van der Waals surface area (Å²) in [6, 6.07) is 12.0. The Balaban J connectivity index is 1.65. The number of oxazole rings is 1. The number of nitro benzene ring substituents is 1. The minimum Gasteiger partial charge on any atom is -0.441 e. The van der Waals surface area contributed by atoms with E-state index in [1.807, 2.05) is 24.3 Å². The zero-order valence-electron chi connectivity index (χ0n) is 13.0. The van der Waals surface area contributed by atoms with Crippen molar-refractivity contribution in [3.8, 4) is 0 Å². The minimum atomic E-state index is -0.469. The largest absolute Gasteiger partial charge is 0.441 e. The van der Waals surface area contributed by atoms with E-state index in [1.165, 1.54) is 6.07 Å². The Kier molecular flexibility index (Phi) is 4.24. The normalized spacial score (nSPS) is 10.7. The summed E-state index contributed by atoms with van der Waals surface area (Å²) >= 11 is 0. The summed E-state index contributed by atoms with van der Waals surface area (Å²) in [6.07, 6.45) is 0.531. The first-order valence-electron chi connectivity index (χ1n) is 7.43. The summed E-state index contributed by atoms with van der Waals surface area (Å²) in [5.74, 6) is 0.239. The van der Waals surface area contributed by atoms with E-state index in [2.05, 4.69) is 10.3 Å². The van der Waals surface area contributed by atoms with Gasteiger partial charge in [-0.1, -0.05) is 18.2 Å². The van der Waals surface area contributed by atoms with Crippen molar-refractivity contribution in [1.29, 1.82) is 0 Å². The average molecular weight is 325 g/mol. The van der Waals surface area contributed by atoms with Gasteiger partial charge in [0.05, 0.1) is 16.2 Å². The zero-order chi connectivity index (χ0) is 17.1. The predicted octanol–water partition coefficient (Wildman–Crippen LogP) is 3.62. The van der Waals surface area contributed by atoms with Crippen molar-refractivity contribution in [3.05, 3.63) is 64.0 Å². The molecule has 1 N–H and O–H groups in total. The molecule has 0 aliphatic heterocycles. The third-order valence-electron chi connectivity index (χ3n) is 3.68. The highest BCUT2D eigenvalue weighted by molar-refractivity contribution is 5.92. The molecule has 1 aromatic heterocycles. The number of carbonyl (C=O) groups excluding carboxylic acids is 1. The maximum Gasteiger partial charge on any atom is 0.274 e. The topological polar surface area (TPSA) is 98.3 Å². The smallest absolute Gasteiger partial charge is 0.274 e. The lowest BCUT2D eigenvalue weighted by atomic mass is 10.1. The number of anilines is 1. The number of carbonyl (C=O) groups is 1. The Morgan fingerprint density at radius 3 is 2.79 bits per heavy atom. The maximum absolute atomic E-state index is 12.1. The van der Waals surface area contributed by atoms with Crippen LogP contribution in [0.25, 0.3) is 11.1 Å². The summed E-state index contributed by atoms with van der Waals surface area (Å²) in [5.41, 5.74) is 2.28. The lowest BCUT2D eigenvalue weighted by Gasteiger charge is -2.07. The van der Waals surface area contributed by atoms with Crippen LogP contribution in [-0.4, -0.2) is 15.8 Å². The van der Waals surface area contributed by atoms with Gasteiger partial charge < -0.3 is 9.73 Å². The number of hydrogen-bond donors (Lipinski definition) is 1. The number of para-hydroxylation sites is 2. The lowest BCUT2D eigenvalue weighted by molar-refractivity contribution is -0.385. The summed E-state index contributed by atoms with van der Waals surface area (Å²) in [7, 11) is 0. The quantitative estimate of drug-likeness (QED) is 0.570. The van der Waals surface area contributed by atoms with Crippen molar-refractivity contribution < 1.29 is 14.1 Å². The Bertz CT molecular complexity index is 884. The molecule has 0 fully saturated rings. The SMILES string of the molecule is Cc1c(NC(=O)CCc2nc3ccccc3o2)cccc1[N+](=O)[O-]. The van der Waals surface area contributed by atoms with Crippen molar-refractivity contribution >= 4 is 28.4 Å². The molecule has 0 saturated carbocycles. The molecule has 24 heavy (non-hydrogen) atoms. The standard InChI is InChI=1S/C17H15N3O4/c1-11-12(6-4-7-14(11)20(22)23)18-16(21)9-10-17-19-13-5-2-3-8-15(13)24-17/h2-8H,9-10H2,1H3,(H,18,21). The third-order valence-corrected chi connectivity index (χ3v) is 3.68. The molecule has 3 aromatic rings. The monoisotopic (exact) mass is 325 g/mol. The minimum absolute atomic E-state index is 0.0215. The first kappa shape index (κ1) is 15.7. The van der Waals surface area contributed by atoms with Crippen LogP contribution in [-0.2, 0) is 11.2 Å². The number of nitrogens with zero attached hydrogens (tertiary/aromatic N) is 2. The molecule has 1 amide bonds. The van der Waals surface area contributed by atoms with Gasteiger partial charge in [0.25, 0.3) is 5.69 Å². The van der Waals surface area contributed by atoms with Gasteiger partial charge in [-0.2, -0.15) is 0 Å². The van der Waals surface area contributed by atoms with Gasteiger partial charge in [0.2, 0.25) is 5.91 Å². The number of nitro groups is 1. The highest BCUT2D eigenvalue weighted by Gasteiger charge is 2.15. The van der Waals surface area contributed by atoms with E-state index in [9.17, 15) is 14.9 Å². The Morgan fingerprint density at radius 1 is 1.25 bits per heavy atom. The molecule has 0 atom stereocenters. The molecular formula is C17H15N3O4. The maximum atomic E-state index is 12.1. The Hall–Kier alpha value is -3.22. The molecule has 0 spiro atoms. The second kappa shape index (κ2) is 6.49. The number of aromatic nitrogens is 1. The van der Waals surface area contributed by atoms with E-state index in [0.29, 0.717) is 29.1 Å². The van der Waals surface area contributed by atoms with Crippen molar-refractivity contribution in [2.24, 2.45) is 0 Å². The third kappa shape index (κ3) is 3.24. The van der Waals surface area contributed by atoms with Gasteiger partial charge >= 0.3 is 0 Å². The highest BCUT2D eigenvalue weighted by Crippen LogP contribution is 2.25. The van der Waals surface area contributed by atoms with Crippen molar-refractivity contribution in [2.45, 2.75) is 19.8 Å². The fraction of sp³-hybridized carbons (Fsp3) is 0.176. The van der Waals surface area contributed by atoms with Gasteiger partial charge in [-0.05, 0) is 25.1 Å². The van der Waals surface area contributed by atoms with E-state index in [0.717, 1.165) is 5.52 Å². The van der Waals surface area contributed by atoms with E-state index in [-0.39, 0.29) is 18.0 Å². The van der Waals surface area contributed by atoms with E-state index >= 15 is 0 Å². The van der Waals surface area contributed by atoms with Crippen molar-refractivity contribution in [1.82, 2.24) is 4.98 Å². The molecule has 7 heteroatoms. The van der Waals surface area contributed by atoms with Crippen LogP contribution in [0.4, 0.5) is 11.4 Å². The zero-order valence-corrected chi connectivity index (χ0v) is 13.0. The number of aryl methyl sites for hydroxylation is 1. The van der Waals surface area contributed by atoms with E-state index in [4.69, 9.17) is 4.42 Å². The molecule has 0 saturated heterocycles. The van der Waals surface area contributed by atoms with E-state index in [1.54, 1.807) is 19.1 Å². The predicted molar refractivity (Wildman–Crippen MR) is 88.8 cm³/mol. The van der Waals surface area contributed by atoms with Crippen molar-refractivity contribution in [3.63, 3.8) is 0 Å². The first-order valence-corrected chi connectivity index (χ1v) is 7.43. The van der Waals surface area contributed by atoms with Crippen LogP contribution in [0, 0.1) is 17.0 Å². The van der Waals surface area contributed by atoms with Gasteiger partial charge in [0.15, 0.2) is 11.5 Å². The van der Waals surface area contributed by atoms with Crippen LogP contribution < -0.4 is 5.32 Å². The highest BCUT2D eigenvalue weighted by atomic mass is 16.6. The van der Waals surface area contributed by atoms with E-state index < -0.39 is 4.92 Å². The number of rotatable bonds is 5. The molecule has 7 nitrogen and oxygen atoms in total. The fourth-order valence-corrected chi connectivity index (χ4v) is 2.42. The summed E-state index contributed by atoms with van der Waals surface area (Å²) in [6.45, 7) is 1.61. The number of benzene rings is 2. The Labute approximate surface area is 137 Å². The van der Waals surface area contributed by atoms with Crippen LogP contribution >= 0.6 is 0 Å². The second-order valence-electron chi connectivity index (χ2n) is 5.33. The van der Waals surface area contributed by atoms with Gasteiger partial charge in [-0.15, -0.1) is 0 Å². The molecule has 0 aliphatic carbocycles. The number of amides is 1. The molecule has 0 aliphatic rings. The average Bonchev–Trinajstić information content (AvgIpc) is 2.97. The Morgan fingerprint density at radius 2 is 2.04 bits per heavy atom. The van der Waals surface area contributed by atoms with Gasteiger partial charge in [0, 0.05) is 18.9 Å². The van der Waals surface area contributed by atoms with Crippen molar-refractivity contribution in [2.75, 3.05) is 5.32 Å². The number of nitrogens with one attached hydrogen (secondary N) is 1. The van der Waals surface area contributed by atoms with Crippen LogP contribution in [0.5, 0.6) is 0 Å². The summed E-state index contributed by atoms with van der Waals surface area (Å²) < 4.78 is 5.56. The summed E-state index contributed by atoms with van der Waals surface area (Å²) in [4.78, 5) is 26.9. The van der Waals surface area contributed by atoms with Crippen LogP contribution in [0.3, 0.4) is 0 Å². The van der Waals surface area contributed by atoms with Gasteiger partial charge in [-0.3, -0.25) is 14.9 Å². The second-order valence-corrected chi connectivity index (χ2v) is 5.33. The molecule has 0 unspecified atom stereocenters. The van der Waals surface area contributed by atoms with Crippen LogP contribution in [0.1, 0.15) is 17.9 Å². The van der Waals surface area contributed by atoms with Crippen LogP contribution in [0.15, 0.2) is 46.9 Å². The molecule has 3 rings (SSSR count). The lowest BCUT2D eigenvalue weighted by Crippen LogP contribution is -2.13. The molecule has 2 aromatic carbocycles. The molecular weight excluding hydrogens is 310 g/mol. The fourth-order valence-electron chi connectivity index (χ4n) is 2.42. The molecule has 0 bridgehead atoms. The van der Waals surface area contributed by atoms with Gasteiger partial charge in [0.1, 0.15) is 5.52 Å². The molecule has 122 valence electrons. The molecule has 0 radical (unpaired) electrons. The first-order chi connectivity index (χ1) is 11.5. The number of fused-ring (bicyclic) bond motifs is 1. The van der Waals surface area contributed by atoms with Crippen LogP contribution in [0.2, 0.25) is 0 Å². The molecule has 1 heterocycles. The summed E-state index contributed by atoms with van der Waals surface area (Å²) in [5, 5.41) is 13.6.